The van der Waals surface area contributed by atoms with Crippen LogP contribution in [0.5, 0.6) is 0 Å². The first-order chi connectivity index (χ1) is 13.0. The summed E-state index contributed by atoms with van der Waals surface area (Å²) in [6, 6.07) is 15.5. The van der Waals surface area contributed by atoms with Crippen molar-refractivity contribution in [3.8, 4) is 6.07 Å². The monoisotopic (exact) mass is 381 g/mol. The van der Waals surface area contributed by atoms with Gasteiger partial charge >= 0.3 is 0 Å². The van der Waals surface area contributed by atoms with Gasteiger partial charge in [-0.2, -0.15) is 5.26 Å². The molecule has 1 amide bonds. The van der Waals surface area contributed by atoms with E-state index in [0.717, 1.165) is 18.4 Å². The summed E-state index contributed by atoms with van der Waals surface area (Å²) in [6.07, 6.45) is 3.37. The second-order valence-electron chi connectivity index (χ2n) is 6.34. The minimum Gasteiger partial charge on any atom is -0.344 e. The summed E-state index contributed by atoms with van der Waals surface area (Å²) in [6.45, 7) is 0. The number of nitriles is 1. The van der Waals surface area contributed by atoms with Crippen LogP contribution in [-0.4, -0.2) is 10.8 Å². The number of benzene rings is 2. The van der Waals surface area contributed by atoms with E-state index in [1.54, 1.807) is 0 Å². The van der Waals surface area contributed by atoms with E-state index in [4.69, 9.17) is 11.6 Å². The number of rotatable bonds is 6. The molecule has 3 rings (SSSR count). The Balaban J connectivity index is 1.84. The first kappa shape index (κ1) is 18.6. The molecule has 1 saturated carbocycles. The predicted octanol–water partition coefficient (Wildman–Crippen LogP) is 4.42. The first-order valence-electron chi connectivity index (χ1n) is 8.41. The van der Waals surface area contributed by atoms with Crippen molar-refractivity contribution in [2.24, 2.45) is 5.92 Å². The molecule has 1 aliphatic carbocycles. The van der Waals surface area contributed by atoms with Gasteiger partial charge in [-0.1, -0.05) is 48.0 Å². The molecule has 1 N–H and O–H groups in total. The number of amides is 1. The van der Waals surface area contributed by atoms with E-state index in [0.29, 0.717) is 11.5 Å². The Labute approximate surface area is 161 Å². The smallest absolute Gasteiger partial charge is 0.288 e. The molecule has 0 radical (unpaired) electrons. The molecule has 136 valence electrons. The van der Waals surface area contributed by atoms with Gasteiger partial charge in [-0.05, 0) is 42.0 Å². The summed E-state index contributed by atoms with van der Waals surface area (Å²) >= 11 is 5.80. The van der Waals surface area contributed by atoms with Crippen LogP contribution in [0.1, 0.15) is 30.0 Å². The summed E-state index contributed by atoms with van der Waals surface area (Å²) < 4.78 is 0. The maximum absolute atomic E-state index is 12.6. The highest BCUT2D eigenvalue weighted by molar-refractivity contribution is 6.32. The van der Waals surface area contributed by atoms with E-state index < -0.39 is 10.8 Å². The highest BCUT2D eigenvalue weighted by atomic mass is 35.5. The lowest BCUT2D eigenvalue weighted by Crippen LogP contribution is -2.30. The minimum absolute atomic E-state index is 0.00187. The van der Waals surface area contributed by atoms with Gasteiger partial charge in [0.25, 0.3) is 11.6 Å². The number of nitrogens with zero attached hydrogens (tertiary/aromatic N) is 2. The van der Waals surface area contributed by atoms with Crippen molar-refractivity contribution >= 4 is 29.3 Å². The summed E-state index contributed by atoms with van der Waals surface area (Å²) in [4.78, 5) is 23.0. The average Bonchev–Trinajstić information content (AvgIpc) is 3.50. The average molecular weight is 382 g/mol. The lowest BCUT2D eigenvalue weighted by molar-refractivity contribution is -0.384. The van der Waals surface area contributed by atoms with E-state index in [1.807, 2.05) is 36.4 Å². The standard InChI is InChI=1S/C20H16ClN3O3/c21-17-9-6-13(11-18(17)24(26)27)10-16(12-22)20(25)23-19(15-7-8-15)14-4-2-1-3-5-14/h1-6,9-11,15,19H,7-8H2,(H,23,25)/b16-10+. The third kappa shape index (κ3) is 4.52. The second-order valence-corrected chi connectivity index (χ2v) is 6.74. The van der Waals surface area contributed by atoms with Crippen molar-refractivity contribution in [3.63, 3.8) is 0 Å². The quantitative estimate of drug-likeness (QED) is 0.346. The van der Waals surface area contributed by atoms with E-state index in [-0.39, 0.29) is 22.3 Å². The van der Waals surface area contributed by atoms with Gasteiger partial charge in [-0.25, -0.2) is 0 Å². The molecule has 1 unspecified atom stereocenters. The molecule has 0 heterocycles. The van der Waals surface area contributed by atoms with Crippen molar-refractivity contribution in [3.05, 3.63) is 80.4 Å². The van der Waals surface area contributed by atoms with E-state index in [1.165, 1.54) is 24.3 Å². The van der Waals surface area contributed by atoms with Crippen molar-refractivity contribution in [1.82, 2.24) is 5.32 Å². The van der Waals surface area contributed by atoms with Crippen LogP contribution in [0.25, 0.3) is 6.08 Å². The molecule has 6 nitrogen and oxygen atoms in total. The van der Waals surface area contributed by atoms with E-state index in [2.05, 4.69) is 5.32 Å². The van der Waals surface area contributed by atoms with Crippen LogP contribution in [0.2, 0.25) is 5.02 Å². The Bertz CT molecular complexity index is 947. The van der Waals surface area contributed by atoms with Crippen LogP contribution in [0.3, 0.4) is 0 Å². The topological polar surface area (TPSA) is 96.0 Å². The lowest BCUT2D eigenvalue weighted by Gasteiger charge is -2.18. The number of carbonyl (C=O) groups is 1. The summed E-state index contributed by atoms with van der Waals surface area (Å²) in [7, 11) is 0. The molecule has 7 heteroatoms. The zero-order valence-corrected chi connectivity index (χ0v) is 15.0. The maximum Gasteiger partial charge on any atom is 0.288 e. The highest BCUT2D eigenvalue weighted by Crippen LogP contribution is 2.41. The van der Waals surface area contributed by atoms with Crippen LogP contribution in [0.4, 0.5) is 5.69 Å². The van der Waals surface area contributed by atoms with Crippen LogP contribution in [-0.2, 0) is 4.79 Å². The molecule has 1 atom stereocenters. The van der Waals surface area contributed by atoms with Gasteiger partial charge in [0.05, 0.1) is 11.0 Å². The Morgan fingerprint density at radius 2 is 2.00 bits per heavy atom. The number of nitro benzene ring substituents is 1. The number of hydrogen-bond donors (Lipinski definition) is 1. The van der Waals surface area contributed by atoms with Gasteiger partial charge in [0.2, 0.25) is 0 Å². The highest BCUT2D eigenvalue weighted by Gasteiger charge is 2.33. The van der Waals surface area contributed by atoms with Gasteiger partial charge in [0.15, 0.2) is 0 Å². The summed E-state index contributed by atoms with van der Waals surface area (Å²) in [5.41, 5.74) is 0.963. The second kappa shape index (κ2) is 8.02. The number of carbonyl (C=O) groups excluding carboxylic acids is 1. The van der Waals surface area contributed by atoms with Crippen LogP contribution < -0.4 is 5.32 Å². The number of nitrogens with one attached hydrogen (secondary N) is 1. The van der Waals surface area contributed by atoms with Crippen LogP contribution in [0, 0.1) is 27.4 Å². The van der Waals surface area contributed by atoms with E-state index >= 15 is 0 Å². The SMILES string of the molecule is N#C/C(=C\c1ccc(Cl)c([N+](=O)[O-])c1)C(=O)NC(c1ccccc1)C1CC1. The molecule has 0 aliphatic heterocycles. The van der Waals surface area contributed by atoms with Gasteiger partial charge in [-0.3, -0.25) is 14.9 Å². The zero-order chi connectivity index (χ0) is 19.4. The van der Waals surface area contributed by atoms with Gasteiger partial charge in [0, 0.05) is 6.07 Å². The van der Waals surface area contributed by atoms with Gasteiger partial charge in [-0.15, -0.1) is 0 Å². The first-order valence-corrected chi connectivity index (χ1v) is 8.79. The fourth-order valence-corrected chi connectivity index (χ4v) is 3.04. The summed E-state index contributed by atoms with van der Waals surface area (Å²) in [5, 5.41) is 23.3. The van der Waals surface area contributed by atoms with Crippen molar-refractivity contribution < 1.29 is 9.72 Å². The van der Waals surface area contributed by atoms with Gasteiger partial charge < -0.3 is 5.32 Å². The maximum atomic E-state index is 12.6. The normalized spacial score (nSPS) is 14.9. The molecular weight excluding hydrogens is 366 g/mol. The van der Waals surface area contributed by atoms with Crippen LogP contribution >= 0.6 is 11.6 Å². The molecule has 0 bridgehead atoms. The Hall–Kier alpha value is -3.17. The van der Waals surface area contributed by atoms with Crippen molar-refractivity contribution in [1.29, 1.82) is 5.26 Å². The fourth-order valence-electron chi connectivity index (χ4n) is 2.86. The lowest BCUT2D eigenvalue weighted by atomic mass is 10.0. The zero-order valence-electron chi connectivity index (χ0n) is 14.3. The molecule has 0 aromatic heterocycles. The Morgan fingerprint density at radius 1 is 1.30 bits per heavy atom. The number of halogens is 1. The molecule has 0 saturated heterocycles. The van der Waals surface area contributed by atoms with Crippen LogP contribution in [0.15, 0.2) is 54.1 Å². The summed E-state index contributed by atoms with van der Waals surface area (Å²) in [5.74, 6) is -0.149. The Morgan fingerprint density at radius 3 is 2.59 bits per heavy atom. The predicted molar refractivity (Wildman–Crippen MR) is 102 cm³/mol. The molecular formula is C20H16ClN3O3. The van der Waals surface area contributed by atoms with Gasteiger partial charge in [0.1, 0.15) is 16.7 Å². The largest absolute Gasteiger partial charge is 0.344 e. The fraction of sp³-hybridized carbons (Fsp3) is 0.200. The molecule has 1 fully saturated rings. The molecule has 2 aromatic carbocycles. The number of nitro groups is 1. The molecule has 2 aromatic rings. The van der Waals surface area contributed by atoms with Crippen molar-refractivity contribution in [2.45, 2.75) is 18.9 Å². The molecule has 27 heavy (non-hydrogen) atoms. The third-order valence-electron chi connectivity index (χ3n) is 4.38. The Kier molecular flexibility index (Phi) is 5.53. The van der Waals surface area contributed by atoms with Crippen molar-refractivity contribution in [2.75, 3.05) is 0 Å². The minimum atomic E-state index is -0.607. The third-order valence-corrected chi connectivity index (χ3v) is 4.70. The molecule has 1 aliphatic rings. The molecule has 0 spiro atoms. The van der Waals surface area contributed by atoms with E-state index in [9.17, 15) is 20.2 Å². The number of hydrogen-bond acceptors (Lipinski definition) is 4.